The Bertz CT molecular complexity index is 2160. The van der Waals surface area contributed by atoms with E-state index < -0.39 is 18.6 Å². The molecule has 3 heteroatoms. The number of halogens is 1. The van der Waals surface area contributed by atoms with E-state index in [1.165, 1.54) is 27.8 Å². The molecule has 36 heavy (non-hydrogen) atoms. The zero-order chi connectivity index (χ0) is 28.0. The molecule has 0 aliphatic carbocycles. The highest BCUT2D eigenvalue weighted by atomic mass is 32.1. The molecule has 0 bridgehead atoms. The monoisotopic (exact) mass is 489 g/mol. The highest BCUT2D eigenvalue weighted by Crippen LogP contribution is 2.46. The Balaban J connectivity index is 1.59. The normalized spacial score (nSPS) is 14.4. The first-order chi connectivity index (χ1) is 19.0. The van der Waals surface area contributed by atoms with Gasteiger partial charge in [0.2, 0.25) is 0 Å². The lowest BCUT2D eigenvalue weighted by atomic mass is 9.95. The lowest BCUT2D eigenvalue weighted by Gasteiger charge is -2.09. The first-order valence-corrected chi connectivity index (χ1v) is 12.7. The summed E-state index contributed by atoms with van der Waals surface area (Å²) >= 11 is 1.66. The predicted octanol–water partition coefficient (Wildman–Crippen LogP) is 9.98. The summed E-state index contributed by atoms with van der Waals surface area (Å²) in [7, 11) is 0. The summed E-state index contributed by atoms with van der Waals surface area (Å²) in [6.07, 6.45) is -3.82. The number of rotatable bonds is 3. The molecule has 2 heterocycles. The molecule has 174 valence electrons. The molecule has 0 amide bonds. The molecular weight excluding hydrogens is 461 g/mol. The maximum absolute atomic E-state index is 14.9. The van der Waals surface area contributed by atoms with Gasteiger partial charge in [-0.05, 0) is 57.9 Å². The van der Waals surface area contributed by atoms with Gasteiger partial charge in [0.1, 0.15) is 5.82 Å². The number of fused-ring (bicyclic) bond motifs is 9. The van der Waals surface area contributed by atoms with E-state index in [-0.39, 0.29) is 5.56 Å². The van der Waals surface area contributed by atoms with Crippen LogP contribution in [0.4, 0.5) is 4.39 Å². The van der Waals surface area contributed by atoms with Crippen molar-refractivity contribution in [3.8, 4) is 11.3 Å². The second-order valence-corrected chi connectivity index (χ2v) is 10.2. The molecule has 5 aromatic carbocycles. The molecule has 0 aliphatic heterocycles. The first kappa shape index (κ1) is 17.6. The number of thiophene rings is 1. The van der Waals surface area contributed by atoms with Gasteiger partial charge in [0.05, 0.1) is 11.9 Å². The van der Waals surface area contributed by atoms with Crippen molar-refractivity contribution in [2.45, 2.75) is 26.6 Å². The maximum Gasteiger partial charge on any atom is 0.144 e. The molecule has 0 aliphatic rings. The van der Waals surface area contributed by atoms with Crippen molar-refractivity contribution in [1.29, 1.82) is 0 Å². The van der Waals surface area contributed by atoms with Gasteiger partial charge in [-0.3, -0.25) is 4.98 Å². The topological polar surface area (TPSA) is 12.9 Å². The Morgan fingerprint density at radius 1 is 0.806 bits per heavy atom. The van der Waals surface area contributed by atoms with Gasteiger partial charge in [0.25, 0.3) is 0 Å². The highest BCUT2D eigenvalue weighted by Gasteiger charge is 2.18. The molecule has 7 aromatic rings. The van der Waals surface area contributed by atoms with Crippen LogP contribution in [-0.2, 0) is 6.37 Å². The van der Waals surface area contributed by atoms with Crippen LogP contribution in [0.15, 0.2) is 85.1 Å². The molecule has 0 radical (unpaired) electrons. The SMILES string of the molecule is [2H]C([2H])(C)C([2H])([2H])c1cc(-c2cc3ccccc3c3c2sc2c4ccc5cc(C)ccc5c4ccc23)ncc1F. The molecule has 0 saturated carbocycles. The molecular formula is C33H24FNS. The third-order valence-electron chi connectivity index (χ3n) is 6.99. The fourth-order valence-corrected chi connectivity index (χ4v) is 6.72. The van der Waals surface area contributed by atoms with Crippen LogP contribution >= 0.6 is 11.3 Å². The largest absolute Gasteiger partial charge is 0.253 e. The van der Waals surface area contributed by atoms with Crippen LogP contribution in [0.5, 0.6) is 0 Å². The molecule has 0 saturated heterocycles. The van der Waals surface area contributed by atoms with Crippen LogP contribution in [0.1, 0.15) is 29.9 Å². The van der Waals surface area contributed by atoms with Gasteiger partial charge >= 0.3 is 0 Å². The maximum atomic E-state index is 14.9. The van der Waals surface area contributed by atoms with E-state index in [0.717, 1.165) is 55.0 Å². The van der Waals surface area contributed by atoms with Gasteiger partial charge in [-0.15, -0.1) is 11.3 Å². The number of aromatic nitrogens is 1. The number of hydrogen-bond acceptors (Lipinski definition) is 2. The minimum Gasteiger partial charge on any atom is -0.253 e. The van der Waals surface area contributed by atoms with Gasteiger partial charge in [-0.1, -0.05) is 85.6 Å². The molecule has 2 aromatic heterocycles. The summed E-state index contributed by atoms with van der Waals surface area (Å²) in [4.78, 5) is 4.39. The Hall–Kier alpha value is -3.82. The Kier molecular flexibility index (Phi) is 3.96. The lowest BCUT2D eigenvalue weighted by Crippen LogP contribution is -1.94. The number of aryl methyl sites for hydroxylation is 2. The number of hydrogen-bond donors (Lipinski definition) is 0. The summed E-state index contributed by atoms with van der Waals surface area (Å²) in [6.45, 7) is 3.23. The third kappa shape index (κ3) is 3.16. The second kappa shape index (κ2) is 8.11. The number of pyridine rings is 1. The van der Waals surface area contributed by atoms with Gasteiger partial charge < -0.3 is 0 Å². The van der Waals surface area contributed by atoms with Crippen LogP contribution in [0.25, 0.3) is 63.7 Å². The standard InChI is InChI=1S/C33H24FNS/c1-3-6-22-17-30(35-18-29(22)34)28-16-20-7-4-5-8-24(20)31-27-14-13-25-23-11-9-19(2)15-21(23)10-12-26(25)32(27)36-33(28)31/h4-5,7-18H,3,6H2,1-2H3/i3D2,6D2. The Morgan fingerprint density at radius 3 is 2.47 bits per heavy atom. The first-order valence-electron chi connectivity index (χ1n) is 13.9. The molecule has 7 rings (SSSR count). The van der Waals surface area contributed by atoms with Crippen molar-refractivity contribution in [1.82, 2.24) is 4.98 Å². The minimum absolute atomic E-state index is 0.334. The van der Waals surface area contributed by atoms with Crippen LogP contribution in [0, 0.1) is 12.7 Å². The van der Waals surface area contributed by atoms with Crippen LogP contribution in [0.2, 0.25) is 0 Å². The fourth-order valence-electron chi connectivity index (χ4n) is 5.36. The molecule has 0 unspecified atom stereocenters. The van der Waals surface area contributed by atoms with Gasteiger partial charge in [0.15, 0.2) is 0 Å². The smallest absolute Gasteiger partial charge is 0.144 e. The van der Waals surface area contributed by atoms with Gasteiger partial charge in [-0.25, -0.2) is 4.39 Å². The Morgan fingerprint density at radius 2 is 1.58 bits per heavy atom. The summed E-state index contributed by atoms with van der Waals surface area (Å²) in [5, 5.41) is 9.06. The quantitative estimate of drug-likeness (QED) is 0.225. The van der Waals surface area contributed by atoms with E-state index in [9.17, 15) is 4.39 Å². The Labute approximate surface area is 218 Å². The molecule has 1 nitrogen and oxygen atoms in total. The van der Waals surface area contributed by atoms with E-state index in [0.29, 0.717) is 5.69 Å². The number of nitrogens with zero attached hydrogens (tertiary/aromatic N) is 1. The van der Waals surface area contributed by atoms with Crippen molar-refractivity contribution in [2.24, 2.45) is 0 Å². The summed E-state index contributed by atoms with van der Waals surface area (Å²) < 4.78 is 49.8. The van der Waals surface area contributed by atoms with E-state index in [2.05, 4.69) is 60.4 Å². The fraction of sp³-hybridized carbons (Fsp3) is 0.121. The van der Waals surface area contributed by atoms with Crippen molar-refractivity contribution in [3.63, 3.8) is 0 Å². The highest BCUT2D eigenvalue weighted by molar-refractivity contribution is 7.27. The molecule has 0 spiro atoms. The third-order valence-corrected chi connectivity index (χ3v) is 8.26. The van der Waals surface area contributed by atoms with Crippen molar-refractivity contribution in [2.75, 3.05) is 0 Å². The van der Waals surface area contributed by atoms with Crippen LogP contribution in [-0.4, -0.2) is 4.98 Å². The molecule has 0 N–H and O–H groups in total. The molecule has 0 fully saturated rings. The number of benzene rings is 5. The van der Waals surface area contributed by atoms with Gasteiger partial charge in [-0.2, -0.15) is 0 Å². The lowest BCUT2D eigenvalue weighted by molar-refractivity contribution is 0.601. The van der Waals surface area contributed by atoms with Crippen molar-refractivity contribution >= 4 is 63.8 Å². The zero-order valence-corrected chi connectivity index (χ0v) is 20.6. The van der Waals surface area contributed by atoms with E-state index in [1.54, 1.807) is 11.3 Å². The van der Waals surface area contributed by atoms with E-state index >= 15 is 0 Å². The summed E-state index contributed by atoms with van der Waals surface area (Å²) in [5.74, 6) is -0.860. The second-order valence-electron chi connectivity index (χ2n) is 9.20. The van der Waals surface area contributed by atoms with Crippen molar-refractivity contribution in [3.05, 3.63) is 102 Å². The van der Waals surface area contributed by atoms with Crippen molar-refractivity contribution < 1.29 is 9.87 Å². The van der Waals surface area contributed by atoms with E-state index in [1.807, 2.05) is 24.3 Å². The summed E-state index contributed by atoms with van der Waals surface area (Å²) in [5.41, 5.74) is 2.07. The average Bonchev–Trinajstić information content (AvgIpc) is 3.32. The van der Waals surface area contributed by atoms with Gasteiger partial charge in [0, 0.05) is 36.6 Å². The van der Waals surface area contributed by atoms with Crippen LogP contribution < -0.4 is 0 Å². The summed E-state index contributed by atoms with van der Waals surface area (Å²) in [6, 6.07) is 26.8. The average molecular weight is 490 g/mol. The van der Waals surface area contributed by atoms with E-state index in [4.69, 9.17) is 5.48 Å². The molecule has 0 atom stereocenters. The zero-order valence-electron chi connectivity index (χ0n) is 23.8. The predicted molar refractivity (Wildman–Crippen MR) is 154 cm³/mol. The minimum atomic E-state index is -2.54. The van der Waals surface area contributed by atoms with Crippen LogP contribution in [0.3, 0.4) is 0 Å².